The fourth-order valence-electron chi connectivity index (χ4n) is 1.84. The van der Waals surface area contributed by atoms with Crippen LogP contribution in [0.25, 0.3) is 6.08 Å². The largest absolute Gasteiger partial charge is 0.497 e. The molecule has 3 nitrogen and oxygen atoms in total. The second-order valence-corrected chi connectivity index (χ2v) is 4.84. The predicted octanol–water partition coefficient (Wildman–Crippen LogP) is 3.44. The zero-order chi connectivity index (χ0) is 13.5. The van der Waals surface area contributed by atoms with Crippen LogP contribution >= 0.6 is 0 Å². The first kappa shape index (κ1) is 13.7. The van der Waals surface area contributed by atoms with E-state index in [9.17, 15) is 4.79 Å². The van der Waals surface area contributed by atoms with Crippen molar-refractivity contribution in [2.24, 2.45) is 5.92 Å². The normalized spacial score (nSPS) is 14.6. The number of rotatable bonds is 7. The zero-order valence-corrected chi connectivity index (χ0v) is 11.3. The third-order valence-electron chi connectivity index (χ3n) is 3.22. The molecule has 1 saturated carbocycles. The van der Waals surface area contributed by atoms with Gasteiger partial charge in [-0.25, -0.2) is 0 Å². The lowest BCUT2D eigenvalue weighted by atomic mass is 10.2. The molecule has 0 unspecified atom stereocenters. The van der Waals surface area contributed by atoms with E-state index in [-0.39, 0.29) is 5.97 Å². The summed E-state index contributed by atoms with van der Waals surface area (Å²) in [5.41, 5.74) is 1.06. The molecule has 1 aliphatic carbocycles. The van der Waals surface area contributed by atoms with Crippen molar-refractivity contribution in [2.75, 3.05) is 13.7 Å². The molecule has 0 atom stereocenters. The highest BCUT2D eigenvalue weighted by Crippen LogP contribution is 2.33. The highest BCUT2D eigenvalue weighted by atomic mass is 16.5. The first-order chi connectivity index (χ1) is 9.28. The van der Waals surface area contributed by atoms with Gasteiger partial charge in [-0.1, -0.05) is 31.1 Å². The number of carbonyl (C=O) groups is 1. The molecule has 102 valence electrons. The Balaban J connectivity index is 1.65. The Bertz CT molecular complexity index is 430. The van der Waals surface area contributed by atoms with Crippen LogP contribution in [0.4, 0.5) is 0 Å². The molecule has 0 bridgehead atoms. The molecular weight excluding hydrogens is 240 g/mol. The maximum Gasteiger partial charge on any atom is 0.306 e. The number of hydrogen-bond donors (Lipinski definition) is 0. The Morgan fingerprint density at radius 1 is 1.32 bits per heavy atom. The third-order valence-corrected chi connectivity index (χ3v) is 3.22. The van der Waals surface area contributed by atoms with Crippen molar-refractivity contribution in [1.82, 2.24) is 0 Å². The van der Waals surface area contributed by atoms with Gasteiger partial charge in [0, 0.05) is 6.42 Å². The molecule has 0 amide bonds. The van der Waals surface area contributed by atoms with Crippen LogP contribution in [0.1, 0.15) is 31.2 Å². The van der Waals surface area contributed by atoms with Gasteiger partial charge in [0.2, 0.25) is 0 Å². The van der Waals surface area contributed by atoms with Crippen LogP contribution < -0.4 is 4.74 Å². The van der Waals surface area contributed by atoms with Gasteiger partial charge in [-0.2, -0.15) is 0 Å². The number of carbonyl (C=O) groups excluding carboxylic acids is 1. The third kappa shape index (κ3) is 5.16. The Labute approximate surface area is 114 Å². The predicted molar refractivity (Wildman–Crippen MR) is 74.9 cm³/mol. The maximum absolute atomic E-state index is 11.4. The molecule has 0 saturated heterocycles. The molecule has 19 heavy (non-hydrogen) atoms. The number of benzene rings is 1. The summed E-state index contributed by atoms with van der Waals surface area (Å²) < 4.78 is 10.2. The number of esters is 1. The fraction of sp³-hybridized carbons (Fsp3) is 0.438. The number of methoxy groups -OCH3 is 1. The minimum atomic E-state index is -0.0914. The van der Waals surface area contributed by atoms with Crippen LogP contribution in [0.15, 0.2) is 30.3 Å². The Morgan fingerprint density at radius 2 is 2.05 bits per heavy atom. The topological polar surface area (TPSA) is 35.5 Å². The second-order valence-electron chi connectivity index (χ2n) is 4.84. The highest BCUT2D eigenvalue weighted by molar-refractivity contribution is 5.69. The van der Waals surface area contributed by atoms with E-state index in [2.05, 4.69) is 0 Å². The van der Waals surface area contributed by atoms with E-state index in [1.54, 1.807) is 7.11 Å². The van der Waals surface area contributed by atoms with E-state index >= 15 is 0 Å². The quantitative estimate of drug-likeness (QED) is 0.704. The van der Waals surface area contributed by atoms with E-state index in [4.69, 9.17) is 9.47 Å². The molecule has 1 aromatic carbocycles. The molecule has 0 radical (unpaired) electrons. The fourth-order valence-corrected chi connectivity index (χ4v) is 1.84. The summed E-state index contributed by atoms with van der Waals surface area (Å²) in [6, 6.07) is 7.73. The van der Waals surface area contributed by atoms with E-state index in [0.717, 1.165) is 23.7 Å². The highest BCUT2D eigenvalue weighted by Gasteiger charge is 2.21. The lowest BCUT2D eigenvalue weighted by molar-refractivity contribution is -0.142. The van der Waals surface area contributed by atoms with Crippen LogP contribution in [0.2, 0.25) is 0 Å². The standard InChI is InChI=1S/C16H20O3/c1-18-15-9-6-13(7-10-15)3-2-12-19-16(17)11-8-14-4-5-14/h2-3,6-7,9-10,14H,4-5,8,11-12H2,1H3/b3-2+. The van der Waals surface area contributed by atoms with Crippen molar-refractivity contribution in [3.8, 4) is 5.75 Å². The molecule has 1 aliphatic rings. The smallest absolute Gasteiger partial charge is 0.306 e. The summed E-state index contributed by atoms with van der Waals surface area (Å²) in [6.07, 6.45) is 7.90. The number of ether oxygens (including phenoxy) is 2. The summed E-state index contributed by atoms with van der Waals surface area (Å²) in [6.45, 7) is 0.343. The molecule has 0 aromatic heterocycles. The molecule has 0 aliphatic heterocycles. The second kappa shape index (κ2) is 6.98. The van der Waals surface area contributed by atoms with Crippen LogP contribution in [0.3, 0.4) is 0 Å². The minimum absolute atomic E-state index is 0.0914. The zero-order valence-electron chi connectivity index (χ0n) is 11.3. The molecule has 2 rings (SSSR count). The molecule has 1 fully saturated rings. The average molecular weight is 260 g/mol. The maximum atomic E-state index is 11.4. The number of hydrogen-bond acceptors (Lipinski definition) is 3. The van der Waals surface area contributed by atoms with Crippen LogP contribution in [0.5, 0.6) is 5.75 Å². The van der Waals surface area contributed by atoms with Gasteiger partial charge in [-0.15, -0.1) is 0 Å². The van der Waals surface area contributed by atoms with Gasteiger partial charge in [-0.05, 0) is 36.1 Å². The first-order valence-electron chi connectivity index (χ1n) is 6.74. The van der Waals surface area contributed by atoms with Gasteiger partial charge in [0.05, 0.1) is 7.11 Å². The molecule has 0 N–H and O–H groups in total. The summed E-state index contributed by atoms with van der Waals surface area (Å²) in [4.78, 5) is 11.4. The lowest BCUT2D eigenvalue weighted by Crippen LogP contribution is -2.04. The van der Waals surface area contributed by atoms with Crippen LogP contribution in [-0.4, -0.2) is 19.7 Å². The summed E-state index contributed by atoms with van der Waals surface area (Å²) in [7, 11) is 1.64. The van der Waals surface area contributed by atoms with E-state index in [0.29, 0.717) is 13.0 Å². The first-order valence-corrected chi connectivity index (χ1v) is 6.74. The van der Waals surface area contributed by atoms with Gasteiger partial charge in [0.1, 0.15) is 12.4 Å². The van der Waals surface area contributed by atoms with Crippen molar-refractivity contribution in [3.05, 3.63) is 35.9 Å². The lowest BCUT2D eigenvalue weighted by Gasteiger charge is -2.01. The Morgan fingerprint density at radius 3 is 2.68 bits per heavy atom. The molecule has 3 heteroatoms. The summed E-state index contributed by atoms with van der Waals surface area (Å²) in [5, 5.41) is 0. The van der Waals surface area contributed by atoms with Gasteiger partial charge in [0.15, 0.2) is 0 Å². The van der Waals surface area contributed by atoms with Crippen molar-refractivity contribution >= 4 is 12.0 Å². The average Bonchev–Trinajstić information content (AvgIpc) is 3.26. The SMILES string of the molecule is COc1ccc(/C=C/COC(=O)CCC2CC2)cc1. The van der Waals surface area contributed by atoms with Crippen molar-refractivity contribution in [3.63, 3.8) is 0 Å². The summed E-state index contributed by atoms with van der Waals surface area (Å²) >= 11 is 0. The van der Waals surface area contributed by atoms with Crippen molar-refractivity contribution in [1.29, 1.82) is 0 Å². The van der Waals surface area contributed by atoms with Gasteiger partial charge in [0.25, 0.3) is 0 Å². The van der Waals surface area contributed by atoms with Gasteiger partial charge in [-0.3, -0.25) is 4.79 Å². The van der Waals surface area contributed by atoms with E-state index in [1.807, 2.05) is 36.4 Å². The van der Waals surface area contributed by atoms with Crippen LogP contribution in [0, 0.1) is 5.92 Å². The Kier molecular flexibility index (Phi) is 5.01. The van der Waals surface area contributed by atoms with Gasteiger partial charge < -0.3 is 9.47 Å². The van der Waals surface area contributed by atoms with Gasteiger partial charge >= 0.3 is 5.97 Å². The Hall–Kier alpha value is -1.77. The van der Waals surface area contributed by atoms with Crippen molar-refractivity contribution in [2.45, 2.75) is 25.7 Å². The van der Waals surface area contributed by atoms with Crippen molar-refractivity contribution < 1.29 is 14.3 Å². The minimum Gasteiger partial charge on any atom is -0.497 e. The molecular formula is C16H20O3. The van der Waals surface area contributed by atoms with E-state index < -0.39 is 0 Å². The van der Waals surface area contributed by atoms with Crippen LogP contribution in [-0.2, 0) is 9.53 Å². The monoisotopic (exact) mass is 260 g/mol. The molecule has 0 spiro atoms. The summed E-state index contributed by atoms with van der Waals surface area (Å²) in [5.74, 6) is 1.53. The molecule has 0 heterocycles. The van der Waals surface area contributed by atoms with E-state index in [1.165, 1.54) is 12.8 Å². The molecule has 1 aromatic rings.